The molecule has 0 unspecified atom stereocenters. The summed E-state index contributed by atoms with van der Waals surface area (Å²) < 4.78 is 7.09. The Bertz CT molecular complexity index is 643. The second-order valence-electron chi connectivity index (χ2n) is 6.04. The summed E-state index contributed by atoms with van der Waals surface area (Å²) in [6.45, 7) is 4.15. The predicted octanol–water partition coefficient (Wildman–Crippen LogP) is 4.06. The first-order chi connectivity index (χ1) is 10.3. The number of benzene rings is 2. The smallest absolute Gasteiger partial charge is 0.122 e. The Morgan fingerprint density at radius 2 is 1.95 bits per heavy atom. The van der Waals surface area contributed by atoms with Crippen molar-refractivity contribution < 1.29 is 4.74 Å². The molecular formula is C18H18BrNO. The lowest BCUT2D eigenvalue weighted by molar-refractivity contribution is 0.212. The zero-order chi connectivity index (χ0) is 14.2. The van der Waals surface area contributed by atoms with Crippen molar-refractivity contribution in [3.05, 3.63) is 64.1 Å². The summed E-state index contributed by atoms with van der Waals surface area (Å²) in [5.41, 5.74) is 2.77. The maximum atomic E-state index is 5.94. The standard InChI is InChI=1S/C18H18BrNO/c19-15-6-7-18-16(8-15)17-11-20(10-14(17)12-21-18)9-13-4-2-1-3-5-13/h1-8,14,17H,9-12H2/t14-,17+/m1/s1. The molecule has 0 saturated carbocycles. The molecular weight excluding hydrogens is 326 g/mol. The molecule has 2 aliphatic heterocycles. The molecule has 0 amide bonds. The van der Waals surface area contributed by atoms with Gasteiger partial charge in [-0.15, -0.1) is 0 Å². The Balaban J connectivity index is 1.55. The SMILES string of the molecule is Brc1ccc2c(c1)[C@H]1CN(Cc3ccccc3)C[C@@H]1CO2. The lowest BCUT2D eigenvalue weighted by Crippen LogP contribution is -2.25. The average molecular weight is 344 g/mol. The number of hydrogen-bond donors (Lipinski definition) is 0. The van der Waals surface area contributed by atoms with E-state index in [-0.39, 0.29) is 0 Å². The van der Waals surface area contributed by atoms with Crippen molar-refractivity contribution in [2.75, 3.05) is 19.7 Å². The summed E-state index contributed by atoms with van der Waals surface area (Å²) in [4.78, 5) is 2.56. The van der Waals surface area contributed by atoms with E-state index in [4.69, 9.17) is 4.74 Å². The fraction of sp³-hybridized carbons (Fsp3) is 0.333. The van der Waals surface area contributed by atoms with Gasteiger partial charge >= 0.3 is 0 Å². The minimum Gasteiger partial charge on any atom is -0.493 e. The molecule has 2 aliphatic rings. The molecule has 0 aliphatic carbocycles. The number of fused-ring (bicyclic) bond motifs is 3. The first kappa shape index (κ1) is 13.4. The van der Waals surface area contributed by atoms with E-state index in [1.54, 1.807) is 0 Å². The van der Waals surface area contributed by atoms with E-state index in [0.29, 0.717) is 11.8 Å². The Kier molecular flexibility index (Phi) is 3.48. The molecule has 108 valence electrons. The number of likely N-dealkylation sites (tertiary alicyclic amines) is 1. The van der Waals surface area contributed by atoms with Crippen LogP contribution in [0.3, 0.4) is 0 Å². The van der Waals surface area contributed by atoms with Crippen LogP contribution < -0.4 is 4.74 Å². The minimum absolute atomic E-state index is 0.606. The van der Waals surface area contributed by atoms with Crippen LogP contribution in [-0.2, 0) is 6.54 Å². The molecule has 1 saturated heterocycles. The molecule has 1 fully saturated rings. The highest BCUT2D eigenvalue weighted by Crippen LogP contribution is 2.42. The highest BCUT2D eigenvalue weighted by Gasteiger charge is 2.38. The van der Waals surface area contributed by atoms with Crippen LogP contribution in [0, 0.1) is 5.92 Å². The van der Waals surface area contributed by atoms with Crippen LogP contribution >= 0.6 is 15.9 Å². The zero-order valence-electron chi connectivity index (χ0n) is 11.8. The molecule has 0 N–H and O–H groups in total. The summed E-state index contributed by atoms with van der Waals surface area (Å²) in [7, 11) is 0. The van der Waals surface area contributed by atoms with E-state index < -0.39 is 0 Å². The number of halogens is 1. The van der Waals surface area contributed by atoms with Gasteiger partial charge in [-0.1, -0.05) is 46.3 Å². The zero-order valence-corrected chi connectivity index (χ0v) is 13.4. The summed E-state index contributed by atoms with van der Waals surface area (Å²) in [5.74, 6) is 2.30. The summed E-state index contributed by atoms with van der Waals surface area (Å²) in [5, 5.41) is 0. The summed E-state index contributed by atoms with van der Waals surface area (Å²) in [6, 6.07) is 17.1. The molecule has 2 heterocycles. The Morgan fingerprint density at radius 3 is 2.81 bits per heavy atom. The number of nitrogens with zero attached hydrogens (tertiary/aromatic N) is 1. The molecule has 0 aromatic heterocycles. The van der Waals surface area contributed by atoms with Gasteiger partial charge in [-0.05, 0) is 23.8 Å². The molecule has 4 rings (SSSR count). The van der Waals surface area contributed by atoms with Crippen molar-refractivity contribution in [3.63, 3.8) is 0 Å². The van der Waals surface area contributed by atoms with Crippen molar-refractivity contribution in [1.29, 1.82) is 0 Å². The van der Waals surface area contributed by atoms with Gasteiger partial charge < -0.3 is 4.74 Å². The highest BCUT2D eigenvalue weighted by atomic mass is 79.9. The first-order valence-electron chi connectivity index (χ1n) is 7.48. The molecule has 3 heteroatoms. The van der Waals surface area contributed by atoms with Crippen LogP contribution in [-0.4, -0.2) is 24.6 Å². The fourth-order valence-electron chi connectivity index (χ4n) is 3.59. The maximum absolute atomic E-state index is 5.94. The molecule has 2 aromatic carbocycles. The fourth-order valence-corrected chi connectivity index (χ4v) is 3.97. The van der Waals surface area contributed by atoms with Crippen molar-refractivity contribution >= 4 is 15.9 Å². The molecule has 21 heavy (non-hydrogen) atoms. The second kappa shape index (κ2) is 5.47. The molecule has 0 radical (unpaired) electrons. The van der Waals surface area contributed by atoms with Crippen LogP contribution in [0.25, 0.3) is 0 Å². The first-order valence-corrected chi connectivity index (χ1v) is 8.27. The van der Waals surface area contributed by atoms with E-state index in [0.717, 1.165) is 36.5 Å². The Morgan fingerprint density at radius 1 is 1.10 bits per heavy atom. The van der Waals surface area contributed by atoms with Crippen molar-refractivity contribution in [3.8, 4) is 5.75 Å². The van der Waals surface area contributed by atoms with Crippen LogP contribution in [0.1, 0.15) is 17.0 Å². The second-order valence-corrected chi connectivity index (χ2v) is 6.96. The van der Waals surface area contributed by atoms with Crippen LogP contribution in [0.2, 0.25) is 0 Å². The minimum atomic E-state index is 0.606. The number of ether oxygens (including phenoxy) is 1. The van der Waals surface area contributed by atoms with Gasteiger partial charge in [0.15, 0.2) is 0 Å². The van der Waals surface area contributed by atoms with E-state index in [1.807, 2.05) is 0 Å². The monoisotopic (exact) mass is 343 g/mol. The quantitative estimate of drug-likeness (QED) is 0.815. The van der Waals surface area contributed by atoms with Gasteiger partial charge in [0.25, 0.3) is 0 Å². The Hall–Kier alpha value is -1.32. The van der Waals surface area contributed by atoms with Crippen LogP contribution in [0.15, 0.2) is 53.0 Å². The van der Waals surface area contributed by atoms with Gasteiger partial charge in [-0.3, -0.25) is 4.90 Å². The topological polar surface area (TPSA) is 12.5 Å². The lowest BCUT2D eigenvalue weighted by Gasteiger charge is -2.27. The average Bonchev–Trinajstić information content (AvgIpc) is 2.91. The Labute approximate surface area is 133 Å². The normalized spacial score (nSPS) is 24.2. The van der Waals surface area contributed by atoms with Crippen LogP contribution in [0.4, 0.5) is 0 Å². The van der Waals surface area contributed by atoms with Crippen molar-refractivity contribution in [1.82, 2.24) is 4.90 Å². The predicted molar refractivity (Wildman–Crippen MR) is 87.6 cm³/mol. The van der Waals surface area contributed by atoms with Gasteiger partial charge in [0.1, 0.15) is 5.75 Å². The van der Waals surface area contributed by atoms with Gasteiger partial charge in [0.2, 0.25) is 0 Å². The lowest BCUT2D eigenvalue weighted by atomic mass is 9.87. The molecule has 2 aromatic rings. The van der Waals surface area contributed by atoms with E-state index in [2.05, 4.69) is 69.4 Å². The van der Waals surface area contributed by atoms with Gasteiger partial charge in [-0.2, -0.15) is 0 Å². The third kappa shape index (κ3) is 2.60. The van der Waals surface area contributed by atoms with Gasteiger partial charge in [0, 0.05) is 41.5 Å². The van der Waals surface area contributed by atoms with Gasteiger partial charge in [0.05, 0.1) is 6.61 Å². The summed E-state index contributed by atoms with van der Waals surface area (Å²) in [6.07, 6.45) is 0. The van der Waals surface area contributed by atoms with E-state index in [1.165, 1.54) is 11.1 Å². The molecule has 2 atom stereocenters. The van der Waals surface area contributed by atoms with Crippen LogP contribution in [0.5, 0.6) is 5.75 Å². The van der Waals surface area contributed by atoms with E-state index in [9.17, 15) is 0 Å². The van der Waals surface area contributed by atoms with Gasteiger partial charge in [-0.25, -0.2) is 0 Å². The number of rotatable bonds is 2. The molecule has 2 nitrogen and oxygen atoms in total. The van der Waals surface area contributed by atoms with E-state index >= 15 is 0 Å². The number of hydrogen-bond acceptors (Lipinski definition) is 2. The largest absolute Gasteiger partial charge is 0.493 e. The highest BCUT2D eigenvalue weighted by molar-refractivity contribution is 9.10. The van der Waals surface area contributed by atoms with Crippen molar-refractivity contribution in [2.45, 2.75) is 12.5 Å². The van der Waals surface area contributed by atoms with Crippen molar-refractivity contribution in [2.24, 2.45) is 5.92 Å². The molecule has 0 spiro atoms. The summed E-state index contributed by atoms with van der Waals surface area (Å²) >= 11 is 3.59. The third-order valence-electron chi connectivity index (χ3n) is 4.59. The maximum Gasteiger partial charge on any atom is 0.122 e. The third-order valence-corrected chi connectivity index (χ3v) is 5.08. The molecule has 0 bridgehead atoms.